The molecule has 0 fully saturated rings. The second kappa shape index (κ2) is 14.0. The Labute approximate surface area is 151 Å². The number of nitrogens with one attached hydrogen (secondary N) is 3. The summed E-state index contributed by atoms with van der Waals surface area (Å²) in [6.45, 7) is 8.65. The molecule has 0 saturated carbocycles. The quantitative estimate of drug-likeness (QED) is 0.218. The Balaban J connectivity index is 0. The van der Waals surface area contributed by atoms with E-state index in [9.17, 15) is 4.79 Å². The molecule has 0 aliphatic rings. The predicted molar refractivity (Wildman–Crippen MR) is 100.0 cm³/mol. The number of halogens is 1. The molecule has 0 aromatic heterocycles. The third-order valence-electron chi connectivity index (χ3n) is 2.34. The van der Waals surface area contributed by atoms with E-state index in [0.29, 0.717) is 25.8 Å². The van der Waals surface area contributed by atoms with E-state index in [1.807, 2.05) is 20.8 Å². The molecule has 132 valence electrons. The Morgan fingerprint density at radius 3 is 2.36 bits per heavy atom. The van der Waals surface area contributed by atoms with Crippen molar-refractivity contribution >= 4 is 35.8 Å². The molecule has 0 aromatic carbocycles. The molecule has 1 amide bonds. The fourth-order valence-corrected chi connectivity index (χ4v) is 1.47. The van der Waals surface area contributed by atoms with Crippen LogP contribution in [-0.2, 0) is 14.3 Å². The summed E-state index contributed by atoms with van der Waals surface area (Å²) >= 11 is 0. The molecule has 0 saturated heterocycles. The Hall–Kier alpha value is -0.610. The Kier molecular flexibility index (Phi) is 15.1. The molecule has 0 heterocycles. The summed E-state index contributed by atoms with van der Waals surface area (Å²) in [6.07, 6.45) is 0.860. The highest BCUT2D eigenvalue weighted by Gasteiger charge is 2.13. The minimum Gasteiger partial charge on any atom is -0.382 e. The van der Waals surface area contributed by atoms with Gasteiger partial charge in [-0.25, -0.2) is 0 Å². The first-order valence-corrected chi connectivity index (χ1v) is 7.21. The van der Waals surface area contributed by atoms with E-state index in [1.165, 1.54) is 0 Å². The largest absolute Gasteiger partial charge is 0.382 e. The van der Waals surface area contributed by atoms with Crippen molar-refractivity contribution in [2.24, 2.45) is 4.99 Å². The lowest BCUT2D eigenvalue weighted by molar-refractivity contribution is -0.121. The molecule has 0 aromatic rings. The van der Waals surface area contributed by atoms with Gasteiger partial charge in [-0.3, -0.25) is 9.79 Å². The van der Waals surface area contributed by atoms with E-state index in [0.717, 1.165) is 13.0 Å². The van der Waals surface area contributed by atoms with E-state index in [1.54, 1.807) is 14.2 Å². The Morgan fingerprint density at radius 2 is 1.82 bits per heavy atom. The topological polar surface area (TPSA) is 84.0 Å². The predicted octanol–water partition coefficient (Wildman–Crippen LogP) is 0.737. The summed E-state index contributed by atoms with van der Waals surface area (Å²) in [7, 11) is 3.32. The van der Waals surface area contributed by atoms with Crippen molar-refractivity contribution in [1.82, 2.24) is 16.0 Å². The van der Waals surface area contributed by atoms with Crippen molar-refractivity contribution in [1.29, 1.82) is 0 Å². The second-order valence-electron chi connectivity index (χ2n) is 5.61. The van der Waals surface area contributed by atoms with Crippen LogP contribution in [0.5, 0.6) is 0 Å². The molecule has 0 bridgehead atoms. The van der Waals surface area contributed by atoms with E-state index < -0.39 is 0 Å². The van der Waals surface area contributed by atoms with Crippen LogP contribution in [-0.4, -0.2) is 64.5 Å². The van der Waals surface area contributed by atoms with Crippen LogP contribution in [0.3, 0.4) is 0 Å². The van der Waals surface area contributed by atoms with E-state index in [2.05, 4.69) is 20.9 Å². The lowest BCUT2D eigenvalue weighted by Crippen LogP contribution is -2.48. The van der Waals surface area contributed by atoms with Crippen LogP contribution < -0.4 is 16.0 Å². The number of hydrogen-bond donors (Lipinski definition) is 3. The van der Waals surface area contributed by atoms with Crippen molar-refractivity contribution in [2.75, 3.05) is 47.1 Å². The molecule has 7 nitrogen and oxygen atoms in total. The van der Waals surface area contributed by atoms with Gasteiger partial charge in [0.25, 0.3) is 0 Å². The summed E-state index contributed by atoms with van der Waals surface area (Å²) in [6, 6.07) is 0. The van der Waals surface area contributed by atoms with E-state index in [4.69, 9.17) is 9.47 Å². The lowest BCUT2D eigenvalue weighted by Gasteiger charge is -2.21. The van der Waals surface area contributed by atoms with Gasteiger partial charge in [0.2, 0.25) is 5.91 Å². The minimum absolute atomic E-state index is 0. The van der Waals surface area contributed by atoms with Gasteiger partial charge < -0.3 is 25.4 Å². The first kappa shape index (κ1) is 23.7. The Morgan fingerprint density at radius 1 is 1.14 bits per heavy atom. The highest BCUT2D eigenvalue weighted by molar-refractivity contribution is 14.0. The maximum Gasteiger partial charge on any atom is 0.239 e. The van der Waals surface area contributed by atoms with Crippen LogP contribution in [0, 0.1) is 0 Å². The number of hydrogen-bond acceptors (Lipinski definition) is 4. The van der Waals surface area contributed by atoms with Crippen LogP contribution >= 0.6 is 24.0 Å². The molecular formula is C14H31IN4O3. The lowest BCUT2D eigenvalue weighted by atomic mass is 10.1. The maximum atomic E-state index is 11.7. The third-order valence-corrected chi connectivity index (χ3v) is 2.34. The van der Waals surface area contributed by atoms with Crippen LogP contribution in [0.4, 0.5) is 0 Å². The molecule has 22 heavy (non-hydrogen) atoms. The normalized spacial score (nSPS) is 11.6. The smallest absolute Gasteiger partial charge is 0.239 e. The van der Waals surface area contributed by atoms with E-state index in [-0.39, 0.29) is 42.0 Å². The fourth-order valence-electron chi connectivity index (χ4n) is 1.47. The van der Waals surface area contributed by atoms with Gasteiger partial charge in [-0.15, -0.1) is 24.0 Å². The number of guanidine groups is 1. The zero-order valence-corrected chi connectivity index (χ0v) is 16.7. The van der Waals surface area contributed by atoms with Gasteiger partial charge in [0, 0.05) is 32.8 Å². The molecule has 0 rings (SSSR count). The van der Waals surface area contributed by atoms with Gasteiger partial charge in [-0.1, -0.05) is 0 Å². The Bertz CT molecular complexity index is 320. The van der Waals surface area contributed by atoms with Gasteiger partial charge in [0.1, 0.15) is 0 Å². The number of methoxy groups -OCH3 is 1. The van der Waals surface area contributed by atoms with E-state index >= 15 is 0 Å². The van der Waals surface area contributed by atoms with Crippen LogP contribution in [0.15, 0.2) is 4.99 Å². The molecule has 0 atom stereocenters. The molecule has 0 aliphatic carbocycles. The first-order chi connectivity index (χ1) is 9.89. The number of carbonyl (C=O) groups excluding carboxylic acids is 1. The van der Waals surface area contributed by atoms with Crippen LogP contribution in [0.2, 0.25) is 0 Å². The number of nitrogens with zero attached hydrogens (tertiary/aromatic N) is 1. The molecule has 0 radical (unpaired) electrons. The monoisotopic (exact) mass is 430 g/mol. The average Bonchev–Trinajstić information content (AvgIpc) is 2.39. The van der Waals surface area contributed by atoms with Crippen molar-refractivity contribution in [3.63, 3.8) is 0 Å². The number of amides is 1. The summed E-state index contributed by atoms with van der Waals surface area (Å²) < 4.78 is 10.2. The van der Waals surface area contributed by atoms with Gasteiger partial charge in [0.15, 0.2) is 5.96 Å². The standard InChI is InChI=1S/C14H30N4O3.HI/c1-14(2,3)18-12(19)11-17-13(15-4)16-7-6-8-21-10-9-20-5;/h6-11H2,1-5H3,(H,18,19)(H2,15,16,17);1H. The second-order valence-corrected chi connectivity index (χ2v) is 5.61. The van der Waals surface area contributed by atoms with Crippen LogP contribution in [0.1, 0.15) is 27.2 Å². The zero-order valence-electron chi connectivity index (χ0n) is 14.3. The summed E-state index contributed by atoms with van der Waals surface area (Å²) in [4.78, 5) is 15.7. The van der Waals surface area contributed by atoms with Gasteiger partial charge in [-0.2, -0.15) is 0 Å². The van der Waals surface area contributed by atoms with Crippen molar-refractivity contribution in [3.8, 4) is 0 Å². The van der Waals surface area contributed by atoms with Gasteiger partial charge >= 0.3 is 0 Å². The van der Waals surface area contributed by atoms with Crippen LogP contribution in [0.25, 0.3) is 0 Å². The molecule has 8 heteroatoms. The number of ether oxygens (including phenoxy) is 2. The number of carbonyl (C=O) groups is 1. The van der Waals surface area contributed by atoms with Gasteiger partial charge in [-0.05, 0) is 27.2 Å². The molecule has 0 aliphatic heterocycles. The zero-order chi connectivity index (χ0) is 16.1. The van der Waals surface area contributed by atoms with Gasteiger partial charge in [0.05, 0.1) is 19.8 Å². The third kappa shape index (κ3) is 15.8. The highest BCUT2D eigenvalue weighted by Crippen LogP contribution is 1.97. The SMILES string of the molecule is CN=C(NCCCOCCOC)NCC(=O)NC(C)(C)C.I. The summed E-state index contributed by atoms with van der Waals surface area (Å²) in [5.74, 6) is 0.546. The molecule has 3 N–H and O–H groups in total. The molecule has 0 unspecified atom stereocenters. The first-order valence-electron chi connectivity index (χ1n) is 7.21. The fraction of sp³-hybridized carbons (Fsp3) is 0.857. The average molecular weight is 430 g/mol. The van der Waals surface area contributed by atoms with Crippen molar-refractivity contribution in [3.05, 3.63) is 0 Å². The summed E-state index contributed by atoms with van der Waals surface area (Å²) in [5.41, 5.74) is -0.227. The molecule has 0 spiro atoms. The highest BCUT2D eigenvalue weighted by atomic mass is 127. The number of rotatable bonds is 9. The van der Waals surface area contributed by atoms with Crippen molar-refractivity contribution < 1.29 is 14.3 Å². The minimum atomic E-state index is -0.227. The maximum absolute atomic E-state index is 11.7. The molecular weight excluding hydrogens is 399 g/mol. The number of aliphatic imine (C=N–C) groups is 1. The van der Waals surface area contributed by atoms with Crippen molar-refractivity contribution in [2.45, 2.75) is 32.7 Å². The summed E-state index contributed by atoms with van der Waals surface area (Å²) in [5, 5.41) is 8.97.